The van der Waals surface area contributed by atoms with Crippen LogP contribution in [0.2, 0.25) is 0 Å². The van der Waals surface area contributed by atoms with E-state index in [1.807, 2.05) is 30.3 Å². The van der Waals surface area contributed by atoms with Gasteiger partial charge in [0.1, 0.15) is 5.52 Å². The Kier molecular flexibility index (Phi) is 1.71. The summed E-state index contributed by atoms with van der Waals surface area (Å²) in [5.74, 6) is 0.686. The molecule has 2 heterocycles. The van der Waals surface area contributed by atoms with Gasteiger partial charge in [-0.05, 0) is 0 Å². The van der Waals surface area contributed by atoms with Gasteiger partial charge in [-0.1, -0.05) is 35.5 Å². The highest BCUT2D eigenvalue weighted by molar-refractivity contribution is 5.72. The number of nitrogens with zero attached hydrogens (tertiary/aromatic N) is 3. The molecule has 2 aromatic heterocycles. The molecule has 0 atom stereocenters. The van der Waals surface area contributed by atoms with Gasteiger partial charge in [0.25, 0.3) is 0 Å². The second-order valence-electron chi connectivity index (χ2n) is 3.13. The molecule has 0 amide bonds. The van der Waals surface area contributed by atoms with Crippen LogP contribution in [-0.2, 0) is 0 Å². The minimum atomic E-state index is 0.606. The molecule has 0 spiro atoms. The highest BCUT2D eigenvalue weighted by Gasteiger charge is 2.04. The minimum absolute atomic E-state index is 0.606. The SMILES string of the molecule is c1ccc(-c2ncc3oncc3n2)cc1. The Morgan fingerprint density at radius 3 is 2.73 bits per heavy atom. The third-order valence-electron chi connectivity index (χ3n) is 2.14. The number of fused-ring (bicyclic) bond motifs is 1. The minimum Gasteiger partial charge on any atom is -0.353 e. The normalized spacial score (nSPS) is 10.7. The van der Waals surface area contributed by atoms with Crippen molar-refractivity contribution in [3.8, 4) is 11.4 Å². The maximum absolute atomic E-state index is 4.93. The molecule has 72 valence electrons. The lowest BCUT2D eigenvalue weighted by atomic mass is 10.2. The summed E-state index contributed by atoms with van der Waals surface area (Å²) >= 11 is 0. The summed E-state index contributed by atoms with van der Waals surface area (Å²) in [5, 5.41) is 3.66. The quantitative estimate of drug-likeness (QED) is 0.600. The summed E-state index contributed by atoms with van der Waals surface area (Å²) in [6.07, 6.45) is 3.22. The van der Waals surface area contributed by atoms with Crippen LogP contribution in [0.5, 0.6) is 0 Å². The molecule has 1 aromatic carbocycles. The number of rotatable bonds is 1. The number of aromatic nitrogens is 3. The topological polar surface area (TPSA) is 51.8 Å². The van der Waals surface area contributed by atoms with Crippen LogP contribution in [0.1, 0.15) is 0 Å². The summed E-state index contributed by atoms with van der Waals surface area (Å²) < 4.78 is 4.93. The molecule has 4 heteroatoms. The van der Waals surface area contributed by atoms with Gasteiger partial charge in [-0.25, -0.2) is 9.97 Å². The monoisotopic (exact) mass is 197 g/mol. The van der Waals surface area contributed by atoms with Crippen molar-refractivity contribution in [3.63, 3.8) is 0 Å². The van der Waals surface area contributed by atoms with Crippen LogP contribution < -0.4 is 0 Å². The summed E-state index contributed by atoms with van der Waals surface area (Å²) in [6, 6.07) is 9.80. The average Bonchev–Trinajstić information content (AvgIpc) is 2.77. The number of benzene rings is 1. The molecule has 0 N–H and O–H groups in total. The molecule has 0 unspecified atom stereocenters. The lowest BCUT2D eigenvalue weighted by Crippen LogP contribution is -1.87. The maximum Gasteiger partial charge on any atom is 0.203 e. The van der Waals surface area contributed by atoms with Crippen molar-refractivity contribution in [2.75, 3.05) is 0 Å². The fraction of sp³-hybridized carbons (Fsp3) is 0. The Labute approximate surface area is 85.6 Å². The molecule has 0 aliphatic carbocycles. The van der Waals surface area contributed by atoms with Gasteiger partial charge >= 0.3 is 0 Å². The first-order valence-corrected chi connectivity index (χ1v) is 4.56. The van der Waals surface area contributed by atoms with Gasteiger partial charge in [-0.3, -0.25) is 0 Å². The van der Waals surface area contributed by atoms with Gasteiger partial charge in [-0.2, -0.15) is 0 Å². The van der Waals surface area contributed by atoms with E-state index in [9.17, 15) is 0 Å². The Hall–Kier alpha value is -2.23. The van der Waals surface area contributed by atoms with Gasteiger partial charge in [0.05, 0.1) is 12.4 Å². The molecular formula is C11H7N3O. The van der Waals surface area contributed by atoms with Crippen LogP contribution in [0.3, 0.4) is 0 Å². The van der Waals surface area contributed by atoms with Crippen LogP contribution in [0.4, 0.5) is 0 Å². The van der Waals surface area contributed by atoms with Gasteiger partial charge < -0.3 is 4.52 Å². The zero-order valence-corrected chi connectivity index (χ0v) is 7.79. The second-order valence-corrected chi connectivity index (χ2v) is 3.13. The zero-order valence-electron chi connectivity index (χ0n) is 7.79. The first kappa shape index (κ1) is 8.11. The van der Waals surface area contributed by atoms with Crippen LogP contribution in [0.15, 0.2) is 47.2 Å². The zero-order chi connectivity index (χ0) is 10.1. The summed E-state index contributed by atoms with van der Waals surface area (Å²) in [4.78, 5) is 8.54. The van der Waals surface area contributed by atoms with Crippen LogP contribution in [-0.4, -0.2) is 15.1 Å². The van der Waals surface area contributed by atoms with Gasteiger partial charge in [0.2, 0.25) is 5.58 Å². The number of hydrogen-bond donors (Lipinski definition) is 0. The van der Waals surface area contributed by atoms with Gasteiger partial charge in [0.15, 0.2) is 5.82 Å². The van der Waals surface area contributed by atoms with E-state index in [2.05, 4.69) is 15.1 Å². The Balaban J connectivity index is 2.19. The lowest BCUT2D eigenvalue weighted by molar-refractivity contribution is 0.455. The molecule has 0 saturated carbocycles. The molecule has 4 nitrogen and oxygen atoms in total. The summed E-state index contributed by atoms with van der Waals surface area (Å²) in [7, 11) is 0. The standard InChI is InChI=1S/C11H7N3O/c1-2-4-8(5-3-1)11-12-7-10-9(14-11)6-13-15-10/h1-7H. The summed E-state index contributed by atoms with van der Waals surface area (Å²) in [6.45, 7) is 0. The smallest absolute Gasteiger partial charge is 0.203 e. The average molecular weight is 197 g/mol. The predicted octanol–water partition coefficient (Wildman–Crippen LogP) is 2.28. The van der Waals surface area contributed by atoms with Crippen molar-refractivity contribution in [2.24, 2.45) is 0 Å². The molecule has 0 radical (unpaired) electrons. The molecule has 0 aliphatic heterocycles. The highest BCUT2D eigenvalue weighted by atomic mass is 16.5. The van der Waals surface area contributed by atoms with E-state index in [0.29, 0.717) is 11.4 Å². The van der Waals surface area contributed by atoms with Crippen molar-refractivity contribution in [3.05, 3.63) is 42.7 Å². The van der Waals surface area contributed by atoms with Crippen molar-refractivity contribution < 1.29 is 4.52 Å². The molecule has 15 heavy (non-hydrogen) atoms. The van der Waals surface area contributed by atoms with Gasteiger partial charge in [-0.15, -0.1) is 0 Å². The Morgan fingerprint density at radius 2 is 1.87 bits per heavy atom. The van der Waals surface area contributed by atoms with Crippen molar-refractivity contribution in [1.29, 1.82) is 0 Å². The summed E-state index contributed by atoms with van der Waals surface area (Å²) in [5.41, 5.74) is 2.32. The van der Waals surface area contributed by atoms with E-state index >= 15 is 0 Å². The fourth-order valence-electron chi connectivity index (χ4n) is 1.41. The first-order valence-electron chi connectivity index (χ1n) is 4.56. The number of hydrogen-bond acceptors (Lipinski definition) is 4. The second kappa shape index (κ2) is 3.16. The molecule has 3 rings (SSSR count). The van der Waals surface area contributed by atoms with Crippen LogP contribution >= 0.6 is 0 Å². The van der Waals surface area contributed by atoms with E-state index in [1.54, 1.807) is 12.4 Å². The molecule has 0 aliphatic rings. The lowest BCUT2D eigenvalue weighted by Gasteiger charge is -1.97. The van der Waals surface area contributed by atoms with E-state index < -0.39 is 0 Å². The molecule has 0 saturated heterocycles. The Bertz CT molecular complexity index is 589. The molecule has 0 bridgehead atoms. The van der Waals surface area contributed by atoms with E-state index in [-0.39, 0.29) is 0 Å². The van der Waals surface area contributed by atoms with Crippen molar-refractivity contribution in [1.82, 2.24) is 15.1 Å². The largest absolute Gasteiger partial charge is 0.353 e. The van der Waals surface area contributed by atoms with Crippen LogP contribution in [0.25, 0.3) is 22.5 Å². The third-order valence-corrected chi connectivity index (χ3v) is 2.14. The van der Waals surface area contributed by atoms with Gasteiger partial charge in [0, 0.05) is 5.56 Å². The molecular weight excluding hydrogens is 190 g/mol. The van der Waals surface area contributed by atoms with E-state index in [4.69, 9.17) is 4.52 Å². The first-order chi connectivity index (χ1) is 7.43. The Morgan fingerprint density at radius 1 is 1.00 bits per heavy atom. The van der Waals surface area contributed by atoms with Crippen LogP contribution in [0, 0.1) is 0 Å². The highest BCUT2D eigenvalue weighted by Crippen LogP contribution is 2.17. The predicted molar refractivity (Wildman–Crippen MR) is 55.0 cm³/mol. The maximum atomic E-state index is 4.93. The molecule has 0 fully saturated rings. The fourth-order valence-corrected chi connectivity index (χ4v) is 1.41. The van der Waals surface area contributed by atoms with E-state index in [0.717, 1.165) is 11.1 Å². The van der Waals surface area contributed by atoms with E-state index in [1.165, 1.54) is 0 Å². The van der Waals surface area contributed by atoms with Crippen molar-refractivity contribution >= 4 is 11.1 Å². The molecule has 3 aromatic rings. The van der Waals surface area contributed by atoms with Crippen molar-refractivity contribution in [2.45, 2.75) is 0 Å². The third kappa shape index (κ3) is 1.36.